The molecule has 5 rings (SSSR count). The smallest absolute Gasteiger partial charge is 0.338 e. The number of methoxy groups -OCH3 is 1. The lowest BCUT2D eigenvalue weighted by molar-refractivity contribution is 0.0499. The molecule has 0 bridgehead atoms. The third-order valence-electron chi connectivity index (χ3n) is 6.66. The van der Waals surface area contributed by atoms with Crippen molar-refractivity contribution >= 4 is 28.5 Å². The maximum Gasteiger partial charge on any atom is 0.338 e. The number of aryl methyl sites for hydroxylation is 1. The summed E-state index contributed by atoms with van der Waals surface area (Å²) in [7, 11) is 1.42. The molecular weight excluding hydrogens is 486 g/mol. The fraction of sp³-hybridized carbons (Fsp3) is 0.233. The fourth-order valence-corrected chi connectivity index (χ4v) is 4.68. The van der Waals surface area contributed by atoms with E-state index in [2.05, 4.69) is 0 Å². The zero-order valence-electron chi connectivity index (χ0n) is 21.3. The van der Waals surface area contributed by atoms with Gasteiger partial charge in [0.2, 0.25) is 5.76 Å². The van der Waals surface area contributed by atoms with E-state index < -0.39 is 17.9 Å². The van der Waals surface area contributed by atoms with E-state index in [1.165, 1.54) is 18.1 Å². The van der Waals surface area contributed by atoms with Crippen molar-refractivity contribution in [3.05, 3.63) is 98.9 Å². The van der Waals surface area contributed by atoms with Gasteiger partial charge in [0.05, 0.1) is 36.3 Å². The molecular formula is C30H27NO7. The molecule has 1 atom stereocenters. The Labute approximate surface area is 219 Å². The molecule has 194 valence electrons. The van der Waals surface area contributed by atoms with Gasteiger partial charge in [-0.25, -0.2) is 4.79 Å². The molecule has 0 saturated carbocycles. The second-order valence-corrected chi connectivity index (χ2v) is 9.22. The first-order chi connectivity index (χ1) is 18.3. The number of nitrogens with zero attached hydrogens (tertiary/aromatic N) is 1. The molecule has 0 radical (unpaired) electrons. The highest BCUT2D eigenvalue weighted by molar-refractivity contribution is 6.11. The summed E-state index contributed by atoms with van der Waals surface area (Å²) < 4.78 is 16.6. The van der Waals surface area contributed by atoms with Gasteiger partial charge in [0.1, 0.15) is 5.58 Å². The van der Waals surface area contributed by atoms with Gasteiger partial charge in [-0.3, -0.25) is 14.5 Å². The number of benzene rings is 3. The van der Waals surface area contributed by atoms with E-state index in [0.717, 1.165) is 18.4 Å². The van der Waals surface area contributed by atoms with Gasteiger partial charge in [0.15, 0.2) is 16.9 Å². The Morgan fingerprint density at radius 3 is 2.53 bits per heavy atom. The largest absolute Gasteiger partial charge is 0.504 e. The van der Waals surface area contributed by atoms with Gasteiger partial charge in [0.25, 0.3) is 5.91 Å². The van der Waals surface area contributed by atoms with Crippen molar-refractivity contribution < 1.29 is 28.6 Å². The van der Waals surface area contributed by atoms with E-state index in [9.17, 15) is 19.5 Å². The van der Waals surface area contributed by atoms with Crippen molar-refractivity contribution in [1.82, 2.24) is 0 Å². The Balaban J connectivity index is 1.65. The first kappa shape index (κ1) is 25.1. The lowest BCUT2D eigenvalue weighted by Crippen LogP contribution is -2.29. The van der Waals surface area contributed by atoms with Crippen molar-refractivity contribution in [2.45, 2.75) is 32.7 Å². The molecule has 2 heterocycles. The molecule has 1 aliphatic rings. The molecule has 0 aliphatic carbocycles. The van der Waals surface area contributed by atoms with Crippen LogP contribution in [-0.4, -0.2) is 30.7 Å². The summed E-state index contributed by atoms with van der Waals surface area (Å²) >= 11 is 0. The van der Waals surface area contributed by atoms with Crippen LogP contribution in [0.1, 0.15) is 63.4 Å². The van der Waals surface area contributed by atoms with Gasteiger partial charge in [-0.15, -0.1) is 0 Å². The first-order valence-electron chi connectivity index (χ1n) is 12.4. The SMILES string of the molecule is CCCCOC(=O)c1ccc(N2C(=O)c3oc4ccc(C)cc4c(=O)c3C2c2ccc(O)c(OC)c2)cc1. The van der Waals surface area contributed by atoms with Crippen LogP contribution in [-0.2, 0) is 4.74 Å². The van der Waals surface area contributed by atoms with Gasteiger partial charge in [-0.05, 0) is 67.4 Å². The number of phenols is 1. The van der Waals surface area contributed by atoms with Crippen molar-refractivity contribution in [3.8, 4) is 11.5 Å². The van der Waals surface area contributed by atoms with E-state index in [-0.39, 0.29) is 28.3 Å². The minimum atomic E-state index is -0.851. The van der Waals surface area contributed by atoms with Crippen LogP contribution in [0.2, 0.25) is 0 Å². The summed E-state index contributed by atoms with van der Waals surface area (Å²) in [6, 6.07) is 15.5. The van der Waals surface area contributed by atoms with Crippen LogP contribution in [0.5, 0.6) is 11.5 Å². The summed E-state index contributed by atoms with van der Waals surface area (Å²) in [5.74, 6) is -0.852. The lowest BCUT2D eigenvalue weighted by Gasteiger charge is -2.25. The molecule has 1 aromatic heterocycles. The first-order valence-corrected chi connectivity index (χ1v) is 12.4. The van der Waals surface area contributed by atoms with Crippen LogP contribution in [0.4, 0.5) is 5.69 Å². The summed E-state index contributed by atoms with van der Waals surface area (Å²) in [6.07, 6.45) is 1.69. The molecule has 1 N–H and O–H groups in total. The monoisotopic (exact) mass is 513 g/mol. The van der Waals surface area contributed by atoms with Crippen LogP contribution < -0.4 is 15.1 Å². The van der Waals surface area contributed by atoms with E-state index in [1.807, 2.05) is 19.9 Å². The number of ether oxygens (including phenoxy) is 2. The molecule has 8 heteroatoms. The average Bonchev–Trinajstić information content (AvgIpc) is 3.22. The highest BCUT2D eigenvalue weighted by atomic mass is 16.5. The molecule has 1 unspecified atom stereocenters. The Kier molecular flexibility index (Phi) is 6.63. The van der Waals surface area contributed by atoms with Gasteiger partial charge in [0, 0.05) is 5.69 Å². The second-order valence-electron chi connectivity index (χ2n) is 9.22. The minimum Gasteiger partial charge on any atom is -0.504 e. The number of hydrogen-bond donors (Lipinski definition) is 1. The van der Waals surface area contributed by atoms with Crippen molar-refractivity contribution in [2.24, 2.45) is 0 Å². The van der Waals surface area contributed by atoms with Gasteiger partial charge >= 0.3 is 5.97 Å². The third-order valence-corrected chi connectivity index (χ3v) is 6.66. The standard InChI is InChI=1S/C30H27NO7/c1-4-5-14-37-30(35)18-7-10-20(11-8-18)31-26(19-9-12-22(32)24(16-19)36-3)25-27(33)21-15-17(2)6-13-23(21)38-28(25)29(31)34/h6-13,15-16,26,32H,4-5,14H2,1-3H3. The topological polar surface area (TPSA) is 106 Å². The van der Waals surface area contributed by atoms with E-state index in [4.69, 9.17) is 13.9 Å². The average molecular weight is 514 g/mol. The second kappa shape index (κ2) is 10.0. The van der Waals surface area contributed by atoms with E-state index in [0.29, 0.717) is 34.4 Å². The number of anilines is 1. The van der Waals surface area contributed by atoms with Crippen molar-refractivity contribution in [2.75, 3.05) is 18.6 Å². The molecule has 38 heavy (non-hydrogen) atoms. The number of carbonyl (C=O) groups excluding carboxylic acids is 2. The summed E-state index contributed by atoms with van der Waals surface area (Å²) in [6.45, 7) is 4.22. The van der Waals surface area contributed by atoms with Crippen LogP contribution >= 0.6 is 0 Å². The highest BCUT2D eigenvalue weighted by Crippen LogP contribution is 2.43. The van der Waals surface area contributed by atoms with Crippen LogP contribution in [0.15, 0.2) is 69.9 Å². The number of hydrogen-bond acceptors (Lipinski definition) is 7. The van der Waals surface area contributed by atoms with Crippen molar-refractivity contribution in [3.63, 3.8) is 0 Å². The Morgan fingerprint density at radius 2 is 1.82 bits per heavy atom. The Morgan fingerprint density at radius 1 is 1.05 bits per heavy atom. The van der Waals surface area contributed by atoms with Crippen LogP contribution in [0.3, 0.4) is 0 Å². The van der Waals surface area contributed by atoms with Crippen LogP contribution in [0, 0.1) is 6.92 Å². The van der Waals surface area contributed by atoms with Gasteiger partial charge in [-0.2, -0.15) is 0 Å². The molecule has 4 aromatic rings. The maximum atomic E-state index is 13.8. The minimum absolute atomic E-state index is 0.0496. The number of aromatic hydroxyl groups is 1. The predicted molar refractivity (Wildman–Crippen MR) is 142 cm³/mol. The summed E-state index contributed by atoms with van der Waals surface area (Å²) in [4.78, 5) is 41.4. The van der Waals surface area contributed by atoms with Crippen LogP contribution in [0.25, 0.3) is 11.0 Å². The fourth-order valence-electron chi connectivity index (χ4n) is 4.68. The predicted octanol–water partition coefficient (Wildman–Crippen LogP) is 5.52. The van der Waals surface area contributed by atoms with Gasteiger partial charge < -0.3 is 19.0 Å². The Hall–Kier alpha value is -4.59. The van der Waals surface area contributed by atoms with Crippen molar-refractivity contribution in [1.29, 1.82) is 0 Å². The number of esters is 1. The zero-order chi connectivity index (χ0) is 27.0. The third kappa shape index (κ3) is 4.28. The number of rotatable bonds is 7. The number of phenolic OH excluding ortho intramolecular Hbond substituents is 1. The molecule has 0 spiro atoms. The maximum absolute atomic E-state index is 13.8. The molecule has 0 saturated heterocycles. The lowest BCUT2D eigenvalue weighted by atomic mass is 9.97. The quantitative estimate of drug-likeness (QED) is 0.256. The molecule has 0 fully saturated rings. The molecule has 1 aliphatic heterocycles. The molecule has 3 aromatic carbocycles. The number of unbranched alkanes of at least 4 members (excludes halogenated alkanes) is 1. The summed E-state index contributed by atoms with van der Waals surface area (Å²) in [5.41, 5.74) is 2.46. The summed E-state index contributed by atoms with van der Waals surface area (Å²) in [5, 5.41) is 10.5. The van der Waals surface area contributed by atoms with Gasteiger partial charge in [-0.1, -0.05) is 31.0 Å². The molecule has 1 amide bonds. The zero-order valence-corrected chi connectivity index (χ0v) is 21.3. The normalized spacial score (nSPS) is 14.6. The molecule has 8 nitrogen and oxygen atoms in total. The highest BCUT2D eigenvalue weighted by Gasteiger charge is 2.44. The number of amides is 1. The van der Waals surface area contributed by atoms with E-state index >= 15 is 0 Å². The number of fused-ring (bicyclic) bond motifs is 2. The number of carbonyl (C=O) groups is 2. The Bertz CT molecular complexity index is 1600. The van der Waals surface area contributed by atoms with E-state index in [1.54, 1.807) is 48.5 Å².